The van der Waals surface area contributed by atoms with Crippen LogP contribution in [-0.4, -0.2) is 15.4 Å². The molecule has 2 aromatic rings. The third-order valence-electron chi connectivity index (χ3n) is 3.11. The molecule has 0 bridgehead atoms. The Balaban J connectivity index is 1.94. The number of rotatable bonds is 3. The highest BCUT2D eigenvalue weighted by molar-refractivity contribution is 7.11. The number of nitrogens with zero attached hydrogens (tertiary/aromatic N) is 2. The van der Waals surface area contributed by atoms with E-state index >= 15 is 0 Å². The van der Waals surface area contributed by atoms with Gasteiger partial charge in [-0.2, -0.15) is 4.37 Å². The quantitative estimate of drug-likeness (QED) is 0.874. The second kappa shape index (κ2) is 4.33. The van der Waals surface area contributed by atoms with Crippen molar-refractivity contribution in [2.75, 3.05) is 11.1 Å². The zero-order valence-corrected chi connectivity index (χ0v) is 10.2. The molecule has 3 N–H and O–H groups in total. The van der Waals surface area contributed by atoms with Gasteiger partial charge in [0.1, 0.15) is 10.8 Å². The fourth-order valence-corrected chi connectivity index (χ4v) is 2.74. The third kappa shape index (κ3) is 1.98. The molecule has 1 aliphatic rings. The largest absolute Gasteiger partial charge is 0.382 e. The van der Waals surface area contributed by atoms with Gasteiger partial charge in [-0.25, -0.2) is 0 Å². The molecular formula is C12H14N4S. The number of nitrogen functional groups attached to an aromatic ring is 1. The summed E-state index contributed by atoms with van der Waals surface area (Å²) in [5.74, 6) is 0.588. The summed E-state index contributed by atoms with van der Waals surface area (Å²) in [7, 11) is 0. The van der Waals surface area contributed by atoms with Crippen molar-refractivity contribution in [1.82, 2.24) is 9.36 Å². The van der Waals surface area contributed by atoms with Crippen molar-refractivity contribution in [3.63, 3.8) is 0 Å². The smallest absolute Gasteiger partial charge is 0.147 e. The van der Waals surface area contributed by atoms with Gasteiger partial charge in [-0.3, -0.25) is 4.98 Å². The van der Waals surface area contributed by atoms with E-state index in [1.165, 1.54) is 30.8 Å². The zero-order valence-electron chi connectivity index (χ0n) is 9.39. The predicted molar refractivity (Wildman–Crippen MR) is 71.0 cm³/mol. The van der Waals surface area contributed by atoms with Crippen LogP contribution in [0, 0.1) is 0 Å². The van der Waals surface area contributed by atoms with E-state index in [1.807, 2.05) is 18.3 Å². The van der Waals surface area contributed by atoms with Gasteiger partial charge in [0.25, 0.3) is 0 Å². The Morgan fingerprint density at radius 3 is 2.94 bits per heavy atom. The first-order valence-corrected chi connectivity index (χ1v) is 6.54. The van der Waals surface area contributed by atoms with E-state index in [0.29, 0.717) is 11.9 Å². The summed E-state index contributed by atoms with van der Waals surface area (Å²) < 4.78 is 4.23. The van der Waals surface area contributed by atoms with Crippen LogP contribution in [0.5, 0.6) is 0 Å². The van der Waals surface area contributed by atoms with Crippen molar-refractivity contribution in [2.24, 2.45) is 0 Å². The van der Waals surface area contributed by atoms with Crippen molar-refractivity contribution in [2.45, 2.75) is 25.3 Å². The van der Waals surface area contributed by atoms with Crippen LogP contribution in [-0.2, 0) is 0 Å². The fraction of sp³-hybridized carbons (Fsp3) is 0.333. The van der Waals surface area contributed by atoms with E-state index in [1.54, 1.807) is 6.20 Å². The molecule has 1 aliphatic carbocycles. The zero-order chi connectivity index (χ0) is 11.7. The van der Waals surface area contributed by atoms with Crippen LogP contribution in [0.4, 0.5) is 10.8 Å². The van der Waals surface area contributed by atoms with Crippen LogP contribution < -0.4 is 11.1 Å². The average molecular weight is 246 g/mol. The number of pyridine rings is 1. The molecule has 1 saturated carbocycles. The van der Waals surface area contributed by atoms with Crippen LogP contribution in [0.15, 0.2) is 24.5 Å². The summed E-state index contributed by atoms with van der Waals surface area (Å²) in [5, 5.41) is 4.58. The molecule has 0 spiro atoms. The number of nitrogens with two attached hydrogens (primary N) is 1. The van der Waals surface area contributed by atoms with Crippen LogP contribution in [0.1, 0.15) is 19.3 Å². The lowest BCUT2D eigenvalue weighted by molar-refractivity contribution is 0.446. The lowest BCUT2D eigenvalue weighted by Crippen LogP contribution is -2.26. The first kappa shape index (κ1) is 10.5. The number of hydrogen-bond acceptors (Lipinski definition) is 5. The second-order valence-corrected chi connectivity index (χ2v) is 5.06. The predicted octanol–water partition coefficient (Wildman–Crippen LogP) is 2.75. The Labute approximate surface area is 104 Å². The topological polar surface area (TPSA) is 63.8 Å². The molecule has 5 heteroatoms. The van der Waals surface area contributed by atoms with Gasteiger partial charge in [-0.15, -0.1) is 0 Å². The van der Waals surface area contributed by atoms with Crippen LogP contribution in [0.3, 0.4) is 0 Å². The lowest BCUT2D eigenvalue weighted by Gasteiger charge is -2.27. The first-order valence-electron chi connectivity index (χ1n) is 5.76. The molecule has 0 aromatic carbocycles. The minimum atomic E-state index is 0.588. The Morgan fingerprint density at radius 2 is 2.29 bits per heavy atom. The van der Waals surface area contributed by atoms with Gasteiger partial charge in [0.05, 0.1) is 5.56 Å². The summed E-state index contributed by atoms with van der Waals surface area (Å²) in [5.41, 5.74) is 7.96. The van der Waals surface area contributed by atoms with Crippen LogP contribution in [0.25, 0.3) is 11.1 Å². The molecule has 17 heavy (non-hydrogen) atoms. The van der Waals surface area contributed by atoms with E-state index in [0.717, 1.165) is 16.1 Å². The summed E-state index contributed by atoms with van der Waals surface area (Å²) in [6.45, 7) is 0. The molecule has 0 amide bonds. The van der Waals surface area contributed by atoms with E-state index in [2.05, 4.69) is 14.7 Å². The SMILES string of the molecule is Nc1nsc(NC2CCC2)c1-c1cccnc1. The maximum atomic E-state index is 5.94. The summed E-state index contributed by atoms with van der Waals surface area (Å²) in [6, 6.07) is 4.52. The van der Waals surface area contributed by atoms with Gasteiger partial charge >= 0.3 is 0 Å². The summed E-state index contributed by atoms with van der Waals surface area (Å²) in [6.07, 6.45) is 7.38. The minimum absolute atomic E-state index is 0.588. The molecule has 0 radical (unpaired) electrons. The molecule has 2 heterocycles. The monoisotopic (exact) mass is 246 g/mol. The van der Waals surface area contributed by atoms with Gasteiger partial charge in [0.15, 0.2) is 0 Å². The maximum Gasteiger partial charge on any atom is 0.147 e. The molecule has 0 atom stereocenters. The normalized spacial score (nSPS) is 15.5. The van der Waals surface area contributed by atoms with Gasteiger partial charge in [0, 0.05) is 24.0 Å². The molecule has 88 valence electrons. The highest BCUT2D eigenvalue weighted by Crippen LogP contribution is 2.38. The number of anilines is 2. The van der Waals surface area contributed by atoms with E-state index in [9.17, 15) is 0 Å². The van der Waals surface area contributed by atoms with E-state index in [4.69, 9.17) is 5.73 Å². The molecule has 2 aromatic heterocycles. The molecule has 0 saturated heterocycles. The van der Waals surface area contributed by atoms with Gasteiger partial charge in [-0.1, -0.05) is 6.07 Å². The number of nitrogens with one attached hydrogen (secondary N) is 1. The average Bonchev–Trinajstić information content (AvgIpc) is 2.66. The van der Waals surface area contributed by atoms with Crippen molar-refractivity contribution < 1.29 is 0 Å². The third-order valence-corrected chi connectivity index (χ3v) is 3.90. The number of aromatic nitrogens is 2. The molecule has 0 unspecified atom stereocenters. The minimum Gasteiger partial charge on any atom is -0.382 e. The Hall–Kier alpha value is -1.62. The van der Waals surface area contributed by atoms with E-state index in [-0.39, 0.29) is 0 Å². The Kier molecular flexibility index (Phi) is 2.68. The Bertz CT molecular complexity index is 504. The second-order valence-electron chi connectivity index (χ2n) is 4.29. The molecule has 1 fully saturated rings. The van der Waals surface area contributed by atoms with Crippen molar-refractivity contribution >= 4 is 22.4 Å². The first-order chi connectivity index (χ1) is 8.34. The summed E-state index contributed by atoms with van der Waals surface area (Å²) >= 11 is 1.43. The van der Waals surface area contributed by atoms with Gasteiger partial charge in [0.2, 0.25) is 0 Å². The Morgan fingerprint density at radius 1 is 1.41 bits per heavy atom. The fourth-order valence-electron chi connectivity index (χ4n) is 1.93. The van der Waals surface area contributed by atoms with Crippen LogP contribution in [0.2, 0.25) is 0 Å². The van der Waals surface area contributed by atoms with Crippen molar-refractivity contribution in [3.8, 4) is 11.1 Å². The molecule has 4 nitrogen and oxygen atoms in total. The van der Waals surface area contributed by atoms with Crippen LogP contribution >= 0.6 is 11.5 Å². The highest BCUT2D eigenvalue weighted by atomic mass is 32.1. The lowest BCUT2D eigenvalue weighted by atomic mass is 9.93. The van der Waals surface area contributed by atoms with E-state index < -0.39 is 0 Å². The van der Waals surface area contributed by atoms with Gasteiger partial charge in [-0.05, 0) is 36.9 Å². The maximum absolute atomic E-state index is 5.94. The standard InChI is InChI=1S/C12H14N4S/c13-11-10(8-3-2-6-14-7-8)12(17-16-11)15-9-4-1-5-9/h2-3,6-7,9,15H,1,4-5H2,(H2,13,16). The molecule has 0 aliphatic heterocycles. The highest BCUT2D eigenvalue weighted by Gasteiger charge is 2.21. The summed E-state index contributed by atoms with van der Waals surface area (Å²) in [4.78, 5) is 4.13. The molecular weight excluding hydrogens is 232 g/mol. The molecule has 3 rings (SSSR count). The number of hydrogen-bond donors (Lipinski definition) is 2. The van der Waals surface area contributed by atoms with Crippen molar-refractivity contribution in [1.29, 1.82) is 0 Å². The van der Waals surface area contributed by atoms with Gasteiger partial charge < -0.3 is 11.1 Å². The van der Waals surface area contributed by atoms with Crippen molar-refractivity contribution in [3.05, 3.63) is 24.5 Å².